The molecule has 90 valence electrons. The molecule has 2 rings (SSSR count). The van der Waals surface area contributed by atoms with Gasteiger partial charge >= 0.3 is 0 Å². The molecule has 1 heterocycles. The average molecular weight is 238 g/mol. The van der Waals surface area contributed by atoms with E-state index in [-0.39, 0.29) is 0 Å². The summed E-state index contributed by atoms with van der Waals surface area (Å²) >= 11 is 0. The SMILES string of the molecule is Cc1cccc(-c2ccc(N(C)CC#N)nn2)c1. The normalized spacial score (nSPS) is 9.83. The first-order valence-electron chi connectivity index (χ1n) is 5.69. The van der Waals surface area contributed by atoms with Gasteiger partial charge in [0.2, 0.25) is 0 Å². The smallest absolute Gasteiger partial charge is 0.151 e. The molecule has 0 aliphatic rings. The van der Waals surface area contributed by atoms with Crippen LogP contribution >= 0.6 is 0 Å². The molecule has 0 saturated heterocycles. The van der Waals surface area contributed by atoms with Gasteiger partial charge in [-0.05, 0) is 25.1 Å². The summed E-state index contributed by atoms with van der Waals surface area (Å²) in [5.74, 6) is 0.702. The van der Waals surface area contributed by atoms with Crippen LogP contribution in [0.5, 0.6) is 0 Å². The summed E-state index contributed by atoms with van der Waals surface area (Å²) in [6, 6.07) is 14.0. The minimum Gasteiger partial charge on any atom is -0.345 e. The van der Waals surface area contributed by atoms with Gasteiger partial charge in [0.25, 0.3) is 0 Å². The molecule has 0 aliphatic heterocycles. The predicted octanol–water partition coefficient (Wildman–Crippen LogP) is 2.41. The van der Waals surface area contributed by atoms with Crippen molar-refractivity contribution in [1.82, 2.24) is 10.2 Å². The zero-order chi connectivity index (χ0) is 13.0. The van der Waals surface area contributed by atoms with Crippen LogP contribution in [0.1, 0.15) is 5.56 Å². The quantitative estimate of drug-likeness (QED) is 0.770. The minimum absolute atomic E-state index is 0.304. The van der Waals surface area contributed by atoms with E-state index >= 15 is 0 Å². The highest BCUT2D eigenvalue weighted by molar-refractivity contribution is 5.60. The number of nitrogens with zero attached hydrogens (tertiary/aromatic N) is 4. The zero-order valence-corrected chi connectivity index (χ0v) is 10.5. The fourth-order valence-corrected chi connectivity index (χ4v) is 1.67. The molecule has 0 aliphatic carbocycles. The van der Waals surface area contributed by atoms with Crippen molar-refractivity contribution in [2.75, 3.05) is 18.5 Å². The number of nitriles is 1. The van der Waals surface area contributed by atoms with E-state index in [2.05, 4.69) is 22.3 Å². The van der Waals surface area contributed by atoms with Crippen molar-refractivity contribution in [2.45, 2.75) is 6.92 Å². The number of rotatable bonds is 3. The van der Waals surface area contributed by atoms with Crippen molar-refractivity contribution in [3.05, 3.63) is 42.0 Å². The van der Waals surface area contributed by atoms with Gasteiger partial charge in [-0.2, -0.15) is 5.26 Å². The standard InChI is InChI=1S/C14H14N4/c1-11-4-3-5-12(10-11)13-6-7-14(17-16-13)18(2)9-8-15/h3-7,10H,9H2,1-2H3. The monoisotopic (exact) mass is 238 g/mol. The summed E-state index contributed by atoms with van der Waals surface area (Å²) < 4.78 is 0. The maximum absolute atomic E-state index is 8.62. The van der Waals surface area contributed by atoms with Crippen molar-refractivity contribution >= 4 is 5.82 Å². The Morgan fingerprint density at radius 3 is 2.67 bits per heavy atom. The second-order valence-electron chi connectivity index (χ2n) is 4.16. The van der Waals surface area contributed by atoms with E-state index in [4.69, 9.17) is 5.26 Å². The van der Waals surface area contributed by atoms with E-state index in [0.717, 1.165) is 11.3 Å². The number of aromatic nitrogens is 2. The average Bonchev–Trinajstić information content (AvgIpc) is 2.39. The molecular weight excluding hydrogens is 224 g/mol. The maximum Gasteiger partial charge on any atom is 0.151 e. The Bertz CT molecular complexity index is 569. The molecule has 0 N–H and O–H groups in total. The van der Waals surface area contributed by atoms with Gasteiger partial charge in [0, 0.05) is 12.6 Å². The lowest BCUT2D eigenvalue weighted by Gasteiger charge is -2.13. The highest BCUT2D eigenvalue weighted by atomic mass is 15.2. The fraction of sp³-hybridized carbons (Fsp3) is 0.214. The maximum atomic E-state index is 8.62. The molecular formula is C14H14N4. The number of hydrogen-bond donors (Lipinski definition) is 0. The topological polar surface area (TPSA) is 52.8 Å². The highest BCUT2D eigenvalue weighted by Gasteiger charge is 2.04. The first kappa shape index (κ1) is 12.1. The Morgan fingerprint density at radius 1 is 1.22 bits per heavy atom. The Balaban J connectivity index is 2.25. The van der Waals surface area contributed by atoms with Gasteiger partial charge in [0.1, 0.15) is 6.54 Å². The second-order valence-corrected chi connectivity index (χ2v) is 4.16. The van der Waals surface area contributed by atoms with Gasteiger partial charge in [-0.1, -0.05) is 23.8 Å². The van der Waals surface area contributed by atoms with Gasteiger partial charge in [0.05, 0.1) is 11.8 Å². The second kappa shape index (κ2) is 5.28. The Hall–Kier alpha value is -2.41. The van der Waals surface area contributed by atoms with Crippen LogP contribution in [0.3, 0.4) is 0 Å². The van der Waals surface area contributed by atoms with E-state index in [1.165, 1.54) is 5.56 Å². The molecule has 0 unspecified atom stereocenters. The van der Waals surface area contributed by atoms with Gasteiger partial charge in [-0.15, -0.1) is 10.2 Å². The fourth-order valence-electron chi connectivity index (χ4n) is 1.67. The molecule has 0 spiro atoms. The molecule has 1 aromatic carbocycles. The van der Waals surface area contributed by atoms with Crippen molar-refractivity contribution in [3.8, 4) is 17.3 Å². The van der Waals surface area contributed by atoms with Crippen molar-refractivity contribution in [3.63, 3.8) is 0 Å². The summed E-state index contributed by atoms with van der Waals surface area (Å²) in [4.78, 5) is 1.76. The number of benzene rings is 1. The van der Waals surface area contributed by atoms with Gasteiger partial charge in [-0.25, -0.2) is 0 Å². The van der Waals surface area contributed by atoms with E-state index in [0.29, 0.717) is 12.4 Å². The Morgan fingerprint density at radius 2 is 2.06 bits per heavy atom. The summed E-state index contributed by atoms with van der Waals surface area (Å²) in [5.41, 5.74) is 3.09. The molecule has 4 heteroatoms. The molecule has 18 heavy (non-hydrogen) atoms. The summed E-state index contributed by atoms with van der Waals surface area (Å²) in [6.07, 6.45) is 0. The van der Waals surface area contributed by atoms with E-state index < -0.39 is 0 Å². The van der Waals surface area contributed by atoms with Crippen LogP contribution in [0.2, 0.25) is 0 Å². The van der Waals surface area contributed by atoms with Crippen molar-refractivity contribution in [2.24, 2.45) is 0 Å². The molecule has 0 saturated carbocycles. The third-order valence-corrected chi connectivity index (χ3v) is 2.66. The van der Waals surface area contributed by atoms with E-state index in [1.807, 2.05) is 44.3 Å². The van der Waals surface area contributed by atoms with Gasteiger partial charge in [0.15, 0.2) is 5.82 Å². The van der Waals surface area contributed by atoms with Gasteiger partial charge in [-0.3, -0.25) is 0 Å². The molecule has 0 amide bonds. The lowest BCUT2D eigenvalue weighted by molar-refractivity contribution is 0.934. The molecule has 1 aromatic heterocycles. The summed E-state index contributed by atoms with van der Waals surface area (Å²) in [6.45, 7) is 2.35. The lowest BCUT2D eigenvalue weighted by Crippen LogP contribution is -2.18. The van der Waals surface area contributed by atoms with E-state index in [1.54, 1.807) is 4.90 Å². The van der Waals surface area contributed by atoms with Gasteiger partial charge < -0.3 is 4.90 Å². The molecule has 0 bridgehead atoms. The molecule has 0 atom stereocenters. The van der Waals surface area contributed by atoms with Crippen LogP contribution in [-0.4, -0.2) is 23.8 Å². The van der Waals surface area contributed by atoms with Crippen LogP contribution < -0.4 is 4.90 Å². The predicted molar refractivity (Wildman–Crippen MR) is 71.1 cm³/mol. The lowest BCUT2D eigenvalue weighted by atomic mass is 10.1. The van der Waals surface area contributed by atoms with Crippen LogP contribution in [0.15, 0.2) is 36.4 Å². The largest absolute Gasteiger partial charge is 0.345 e. The number of hydrogen-bond acceptors (Lipinski definition) is 4. The zero-order valence-electron chi connectivity index (χ0n) is 10.5. The molecule has 2 aromatic rings. The van der Waals surface area contributed by atoms with E-state index in [9.17, 15) is 0 Å². The number of anilines is 1. The summed E-state index contributed by atoms with van der Waals surface area (Å²) in [5, 5.41) is 16.9. The highest BCUT2D eigenvalue weighted by Crippen LogP contribution is 2.18. The summed E-state index contributed by atoms with van der Waals surface area (Å²) in [7, 11) is 1.82. The van der Waals surface area contributed by atoms with Crippen molar-refractivity contribution < 1.29 is 0 Å². The van der Waals surface area contributed by atoms with Crippen molar-refractivity contribution in [1.29, 1.82) is 5.26 Å². The van der Waals surface area contributed by atoms with Crippen LogP contribution in [0.4, 0.5) is 5.82 Å². The third-order valence-electron chi connectivity index (χ3n) is 2.66. The molecule has 0 fully saturated rings. The Kier molecular flexibility index (Phi) is 3.54. The first-order chi connectivity index (χ1) is 8.70. The third kappa shape index (κ3) is 2.64. The molecule has 4 nitrogen and oxygen atoms in total. The minimum atomic E-state index is 0.304. The number of aryl methyl sites for hydroxylation is 1. The Labute approximate surface area is 107 Å². The molecule has 0 radical (unpaired) electrons. The van der Waals surface area contributed by atoms with Crippen LogP contribution in [0.25, 0.3) is 11.3 Å². The first-order valence-corrected chi connectivity index (χ1v) is 5.69. The van der Waals surface area contributed by atoms with Crippen LogP contribution in [-0.2, 0) is 0 Å². The van der Waals surface area contributed by atoms with Crippen LogP contribution in [0, 0.1) is 18.3 Å².